The van der Waals surface area contributed by atoms with E-state index >= 15 is 0 Å². The maximum Gasteiger partial charge on any atom is 0.241 e. The Morgan fingerprint density at radius 2 is 1.97 bits per heavy atom. The van der Waals surface area contributed by atoms with Crippen LogP contribution in [-0.2, 0) is 9.59 Å². The van der Waals surface area contributed by atoms with Crippen molar-refractivity contribution in [3.05, 3.63) is 0 Å². The number of carbonyl (C=O) groups is 2. The van der Waals surface area contributed by atoms with E-state index in [0.29, 0.717) is 32.4 Å². The molecule has 5 aliphatic rings. The van der Waals surface area contributed by atoms with Crippen molar-refractivity contribution in [1.82, 2.24) is 26.0 Å². The standard InChI is InChI=1S/C21H33ClFN5O3/c1-27(21(10-29)3-4-21)20(31)18-13-9-28(5-2-15(13)25-26-18)19(30)17-8-12-14(22)6-11(23)7-16(12)24-17/h11-18,24-26,29H,2-10H2,1H3. The zero-order valence-electron chi connectivity index (χ0n) is 17.9. The smallest absolute Gasteiger partial charge is 0.241 e. The number of nitrogens with zero attached hydrogens (tertiary/aromatic N) is 2. The molecule has 31 heavy (non-hydrogen) atoms. The molecule has 0 radical (unpaired) electrons. The number of hydrogen-bond donors (Lipinski definition) is 4. The third-order valence-corrected chi connectivity index (χ3v) is 8.95. The SMILES string of the molecule is CN(C(=O)C1NNC2CCN(C(=O)C3CC4C(Cl)CC(F)CC4N3)CC21)C1(CO)CC1. The van der Waals surface area contributed by atoms with Gasteiger partial charge < -0.3 is 20.2 Å². The van der Waals surface area contributed by atoms with Crippen LogP contribution in [0.15, 0.2) is 0 Å². The van der Waals surface area contributed by atoms with E-state index in [0.717, 1.165) is 19.3 Å². The van der Waals surface area contributed by atoms with Gasteiger partial charge in [0.05, 0.1) is 18.2 Å². The van der Waals surface area contributed by atoms with Gasteiger partial charge in [0.25, 0.3) is 0 Å². The summed E-state index contributed by atoms with van der Waals surface area (Å²) in [4.78, 5) is 30.0. The van der Waals surface area contributed by atoms with Gasteiger partial charge in [0, 0.05) is 43.5 Å². The molecule has 0 spiro atoms. The van der Waals surface area contributed by atoms with Crippen molar-refractivity contribution < 1.29 is 19.1 Å². The molecule has 5 fully saturated rings. The van der Waals surface area contributed by atoms with Crippen LogP contribution in [0.4, 0.5) is 4.39 Å². The third kappa shape index (κ3) is 3.76. The monoisotopic (exact) mass is 457 g/mol. The summed E-state index contributed by atoms with van der Waals surface area (Å²) < 4.78 is 13.9. The second-order valence-corrected chi connectivity index (χ2v) is 10.8. The molecule has 10 heteroatoms. The Hall–Kier alpha value is -1.00. The molecule has 3 heterocycles. The van der Waals surface area contributed by atoms with Crippen molar-refractivity contribution in [2.75, 3.05) is 26.7 Å². The lowest BCUT2D eigenvalue weighted by atomic mass is 9.83. The first-order chi connectivity index (χ1) is 14.8. The van der Waals surface area contributed by atoms with Crippen LogP contribution in [0.25, 0.3) is 0 Å². The molecule has 0 bridgehead atoms. The zero-order chi connectivity index (χ0) is 21.9. The Labute approximate surface area is 187 Å². The molecule has 8 unspecified atom stereocenters. The van der Waals surface area contributed by atoms with Crippen LogP contribution >= 0.6 is 11.6 Å². The maximum atomic E-state index is 13.9. The minimum absolute atomic E-state index is 0.0227. The van der Waals surface area contributed by atoms with Crippen molar-refractivity contribution in [3.63, 3.8) is 0 Å². The van der Waals surface area contributed by atoms with Crippen molar-refractivity contribution in [3.8, 4) is 0 Å². The molecule has 174 valence electrons. The normalized spacial score (nSPS) is 43.3. The van der Waals surface area contributed by atoms with Crippen LogP contribution in [0, 0.1) is 11.8 Å². The average molecular weight is 458 g/mol. The Morgan fingerprint density at radius 1 is 1.19 bits per heavy atom. The number of hydrogen-bond acceptors (Lipinski definition) is 6. The molecule has 0 aromatic carbocycles. The summed E-state index contributed by atoms with van der Waals surface area (Å²) in [6, 6.07) is -0.660. The summed E-state index contributed by atoms with van der Waals surface area (Å²) >= 11 is 6.40. The maximum absolute atomic E-state index is 13.9. The van der Waals surface area contributed by atoms with Gasteiger partial charge in [-0.1, -0.05) is 0 Å². The van der Waals surface area contributed by atoms with Gasteiger partial charge in [0.2, 0.25) is 11.8 Å². The number of halogens is 2. The van der Waals surface area contributed by atoms with Gasteiger partial charge in [0.1, 0.15) is 12.2 Å². The number of fused-ring (bicyclic) bond motifs is 2. The Bertz CT molecular complexity index is 740. The summed E-state index contributed by atoms with van der Waals surface area (Å²) in [5, 5.41) is 12.8. The van der Waals surface area contributed by atoms with Gasteiger partial charge in [-0.25, -0.2) is 9.82 Å². The topological polar surface area (TPSA) is 96.9 Å². The zero-order valence-corrected chi connectivity index (χ0v) is 18.7. The van der Waals surface area contributed by atoms with Crippen molar-refractivity contribution >= 4 is 23.4 Å². The van der Waals surface area contributed by atoms with E-state index in [-0.39, 0.29) is 53.8 Å². The molecule has 0 aromatic heterocycles. The van der Waals surface area contributed by atoms with Crippen LogP contribution < -0.4 is 16.2 Å². The molecule has 8 atom stereocenters. The summed E-state index contributed by atoms with van der Waals surface area (Å²) in [5.74, 6) is 0.102. The Balaban J connectivity index is 1.23. The highest BCUT2D eigenvalue weighted by molar-refractivity contribution is 6.21. The molecule has 4 N–H and O–H groups in total. The van der Waals surface area contributed by atoms with Crippen molar-refractivity contribution in [1.29, 1.82) is 0 Å². The second kappa shape index (κ2) is 8.09. The number of rotatable bonds is 4. The number of alkyl halides is 2. The van der Waals surface area contributed by atoms with E-state index in [1.165, 1.54) is 0 Å². The first kappa shape index (κ1) is 21.8. The van der Waals surface area contributed by atoms with Gasteiger partial charge in [-0.3, -0.25) is 15.0 Å². The fourth-order valence-corrected chi connectivity index (χ4v) is 6.62. The lowest BCUT2D eigenvalue weighted by Gasteiger charge is -2.38. The minimum atomic E-state index is -0.908. The van der Waals surface area contributed by atoms with Gasteiger partial charge in [0.15, 0.2) is 0 Å². The predicted octanol–water partition coefficient (Wildman–Crippen LogP) is -0.251. The number of aliphatic hydroxyl groups excluding tert-OH is 1. The first-order valence-electron chi connectivity index (χ1n) is 11.6. The Morgan fingerprint density at radius 3 is 2.68 bits per heavy atom. The number of piperidine rings is 1. The van der Waals surface area contributed by atoms with Crippen LogP contribution in [0.5, 0.6) is 0 Å². The summed E-state index contributed by atoms with van der Waals surface area (Å²) in [6.45, 7) is 1.12. The van der Waals surface area contributed by atoms with E-state index in [1.54, 1.807) is 11.9 Å². The van der Waals surface area contributed by atoms with E-state index in [9.17, 15) is 19.1 Å². The van der Waals surface area contributed by atoms with Crippen LogP contribution in [0.2, 0.25) is 0 Å². The van der Waals surface area contributed by atoms with E-state index < -0.39 is 17.8 Å². The highest BCUT2D eigenvalue weighted by atomic mass is 35.5. The number of likely N-dealkylation sites (tertiary alicyclic amines) is 1. The van der Waals surface area contributed by atoms with Gasteiger partial charge in [-0.05, 0) is 44.4 Å². The fourth-order valence-electron chi connectivity index (χ4n) is 6.15. The highest BCUT2D eigenvalue weighted by Crippen LogP contribution is 2.42. The molecular weight excluding hydrogens is 425 g/mol. The van der Waals surface area contributed by atoms with Crippen LogP contribution in [-0.4, -0.2) is 94.7 Å². The average Bonchev–Trinajstić information content (AvgIpc) is 3.25. The first-order valence-corrected chi connectivity index (χ1v) is 12.0. The lowest BCUT2D eigenvalue weighted by Crippen LogP contribution is -2.56. The molecular formula is C21H33ClFN5O3. The summed E-state index contributed by atoms with van der Waals surface area (Å²) in [5.41, 5.74) is 5.97. The largest absolute Gasteiger partial charge is 0.394 e. The lowest BCUT2D eigenvalue weighted by molar-refractivity contribution is -0.140. The van der Waals surface area contributed by atoms with Crippen molar-refractivity contribution in [2.45, 2.75) is 79.8 Å². The molecule has 3 saturated heterocycles. The molecule has 8 nitrogen and oxygen atoms in total. The number of aliphatic hydroxyl groups is 1. The van der Waals surface area contributed by atoms with E-state index in [4.69, 9.17) is 11.6 Å². The Kier molecular flexibility index (Phi) is 5.70. The summed E-state index contributed by atoms with van der Waals surface area (Å²) in [7, 11) is 1.76. The molecule has 2 saturated carbocycles. The number of likely N-dealkylation sites (N-methyl/N-ethyl adjacent to an activating group) is 1. The number of amides is 2. The van der Waals surface area contributed by atoms with Crippen molar-refractivity contribution in [2.24, 2.45) is 11.8 Å². The molecule has 2 amide bonds. The number of hydrazine groups is 1. The molecule has 0 aromatic rings. The number of nitrogens with one attached hydrogen (secondary N) is 3. The minimum Gasteiger partial charge on any atom is -0.394 e. The molecule has 3 aliphatic heterocycles. The molecule has 5 rings (SSSR count). The van der Waals surface area contributed by atoms with Gasteiger partial charge in [-0.2, -0.15) is 0 Å². The van der Waals surface area contributed by atoms with Crippen LogP contribution in [0.1, 0.15) is 38.5 Å². The van der Waals surface area contributed by atoms with E-state index in [2.05, 4.69) is 16.2 Å². The van der Waals surface area contributed by atoms with Gasteiger partial charge >= 0.3 is 0 Å². The highest BCUT2D eigenvalue weighted by Gasteiger charge is 2.53. The molecule has 2 aliphatic carbocycles. The predicted molar refractivity (Wildman–Crippen MR) is 113 cm³/mol. The van der Waals surface area contributed by atoms with Gasteiger partial charge in [-0.15, -0.1) is 11.6 Å². The quantitative estimate of drug-likeness (QED) is 0.435. The summed E-state index contributed by atoms with van der Waals surface area (Å²) in [6.07, 6.45) is 2.94. The third-order valence-electron chi connectivity index (χ3n) is 8.44. The fraction of sp³-hybridized carbons (Fsp3) is 0.905. The number of carbonyl (C=O) groups excluding carboxylic acids is 2. The van der Waals surface area contributed by atoms with E-state index in [1.807, 2.05) is 4.90 Å². The second-order valence-electron chi connectivity index (χ2n) is 10.2. The van der Waals surface area contributed by atoms with Crippen LogP contribution in [0.3, 0.4) is 0 Å².